The van der Waals surface area contributed by atoms with Crippen LogP contribution >= 0.6 is 0 Å². The van der Waals surface area contributed by atoms with Crippen molar-refractivity contribution in [1.82, 2.24) is 0 Å². The Morgan fingerprint density at radius 1 is 1.50 bits per heavy atom. The van der Waals surface area contributed by atoms with Crippen molar-refractivity contribution in [1.29, 1.82) is 5.41 Å². The zero-order chi connectivity index (χ0) is 9.30. The van der Waals surface area contributed by atoms with Crippen molar-refractivity contribution in [2.24, 2.45) is 0 Å². The van der Waals surface area contributed by atoms with Gasteiger partial charge >= 0.3 is 0 Å². The largest absolute Gasteiger partial charge is 0.398 e. The number of anilines is 1. The number of rotatable bonds is 1. The number of nitrogen functional groups attached to an aromatic ring is 1. The summed E-state index contributed by atoms with van der Waals surface area (Å²) in [6.07, 6.45) is 0. The Morgan fingerprint density at radius 2 is 2.08 bits per heavy atom. The third-order valence-electron chi connectivity index (χ3n) is 1.73. The molecule has 0 aliphatic heterocycles. The average Bonchev–Trinajstić information content (AvgIpc) is 1.96. The zero-order valence-electron chi connectivity index (χ0n) is 7.11. The van der Waals surface area contributed by atoms with Crippen LogP contribution in [0.15, 0.2) is 12.1 Å². The smallest absolute Gasteiger partial charge is 0.126 e. The minimum absolute atomic E-state index is 0.284. The van der Waals surface area contributed by atoms with Crippen LogP contribution in [0.1, 0.15) is 18.1 Å². The van der Waals surface area contributed by atoms with E-state index in [1.54, 1.807) is 19.9 Å². The van der Waals surface area contributed by atoms with Gasteiger partial charge in [0.25, 0.3) is 0 Å². The highest BCUT2D eigenvalue weighted by molar-refractivity contribution is 6.00. The van der Waals surface area contributed by atoms with Crippen molar-refractivity contribution in [3.63, 3.8) is 0 Å². The lowest BCUT2D eigenvalue weighted by atomic mass is 10.1. The fourth-order valence-corrected chi connectivity index (χ4v) is 1.03. The Hall–Kier alpha value is -1.38. The normalized spacial score (nSPS) is 9.92. The van der Waals surface area contributed by atoms with Crippen molar-refractivity contribution in [2.75, 3.05) is 5.73 Å². The van der Waals surface area contributed by atoms with Crippen LogP contribution in [-0.4, -0.2) is 5.71 Å². The Bertz CT molecular complexity index is 332. The second kappa shape index (κ2) is 2.93. The molecule has 64 valence electrons. The molecular weight excluding hydrogens is 155 g/mol. The van der Waals surface area contributed by atoms with E-state index < -0.39 is 0 Å². The maximum atomic E-state index is 13.0. The van der Waals surface area contributed by atoms with E-state index in [-0.39, 0.29) is 11.5 Å². The van der Waals surface area contributed by atoms with Crippen LogP contribution in [0.2, 0.25) is 0 Å². The quantitative estimate of drug-likeness (QED) is 0.487. The van der Waals surface area contributed by atoms with E-state index in [4.69, 9.17) is 11.1 Å². The molecule has 1 aromatic carbocycles. The molecule has 0 amide bonds. The van der Waals surface area contributed by atoms with Gasteiger partial charge in [-0.25, -0.2) is 4.39 Å². The molecule has 0 fully saturated rings. The number of halogens is 1. The predicted octanol–water partition coefficient (Wildman–Crippen LogP) is 2.10. The Labute approximate surface area is 70.7 Å². The zero-order valence-corrected chi connectivity index (χ0v) is 7.11. The fourth-order valence-electron chi connectivity index (χ4n) is 1.03. The Kier molecular flexibility index (Phi) is 2.13. The average molecular weight is 166 g/mol. The monoisotopic (exact) mass is 166 g/mol. The lowest BCUT2D eigenvalue weighted by Crippen LogP contribution is -2.01. The first-order chi connectivity index (χ1) is 5.52. The van der Waals surface area contributed by atoms with Crippen molar-refractivity contribution in [2.45, 2.75) is 13.8 Å². The molecule has 0 aliphatic carbocycles. The van der Waals surface area contributed by atoms with E-state index in [1.807, 2.05) is 0 Å². The lowest BCUT2D eigenvalue weighted by Gasteiger charge is -2.05. The molecule has 0 aromatic heterocycles. The molecule has 0 heterocycles. The summed E-state index contributed by atoms with van der Waals surface area (Å²) < 4.78 is 13.0. The molecular formula is C9H11FN2. The van der Waals surface area contributed by atoms with Gasteiger partial charge in [-0.2, -0.15) is 0 Å². The summed E-state index contributed by atoms with van der Waals surface area (Å²) in [6.45, 7) is 3.23. The third-order valence-corrected chi connectivity index (χ3v) is 1.73. The summed E-state index contributed by atoms with van der Waals surface area (Å²) in [5.41, 5.74) is 7.31. The second-order valence-corrected chi connectivity index (χ2v) is 2.81. The molecule has 3 heteroatoms. The molecule has 0 radical (unpaired) electrons. The van der Waals surface area contributed by atoms with Crippen LogP contribution in [0.5, 0.6) is 0 Å². The summed E-state index contributed by atoms with van der Waals surface area (Å²) in [5, 5.41) is 7.30. The number of nitrogens with one attached hydrogen (secondary N) is 1. The van der Waals surface area contributed by atoms with Gasteiger partial charge in [-0.15, -0.1) is 0 Å². The van der Waals surface area contributed by atoms with Crippen molar-refractivity contribution < 1.29 is 4.39 Å². The Morgan fingerprint density at radius 3 is 2.58 bits per heavy atom. The molecule has 0 unspecified atom stereocenters. The van der Waals surface area contributed by atoms with E-state index in [1.165, 1.54) is 6.07 Å². The highest BCUT2D eigenvalue weighted by Gasteiger charge is 2.05. The van der Waals surface area contributed by atoms with E-state index in [0.717, 1.165) is 0 Å². The van der Waals surface area contributed by atoms with E-state index >= 15 is 0 Å². The van der Waals surface area contributed by atoms with Gasteiger partial charge in [-0.05, 0) is 31.5 Å². The van der Waals surface area contributed by atoms with Gasteiger partial charge in [0, 0.05) is 17.0 Å². The summed E-state index contributed by atoms with van der Waals surface area (Å²) in [5.74, 6) is -0.314. The standard InChI is InChI=1S/C9H11FN2/c1-5-3-9(12)7(6(2)11)4-8(5)10/h3-4,11H,12H2,1-2H3. The number of nitrogens with two attached hydrogens (primary N) is 1. The molecule has 1 aromatic rings. The number of hydrogen-bond acceptors (Lipinski definition) is 2. The summed E-state index contributed by atoms with van der Waals surface area (Å²) in [6, 6.07) is 2.84. The second-order valence-electron chi connectivity index (χ2n) is 2.81. The predicted molar refractivity (Wildman–Crippen MR) is 48.1 cm³/mol. The first-order valence-electron chi connectivity index (χ1n) is 3.63. The van der Waals surface area contributed by atoms with Gasteiger partial charge < -0.3 is 11.1 Å². The van der Waals surface area contributed by atoms with E-state index in [2.05, 4.69) is 0 Å². The maximum absolute atomic E-state index is 13.0. The van der Waals surface area contributed by atoms with Gasteiger partial charge in [-0.3, -0.25) is 0 Å². The maximum Gasteiger partial charge on any atom is 0.126 e. The molecule has 3 N–H and O–H groups in total. The van der Waals surface area contributed by atoms with Gasteiger partial charge in [0.2, 0.25) is 0 Å². The minimum Gasteiger partial charge on any atom is -0.398 e. The molecule has 0 saturated heterocycles. The molecule has 12 heavy (non-hydrogen) atoms. The molecule has 0 bridgehead atoms. The first-order valence-corrected chi connectivity index (χ1v) is 3.63. The highest BCUT2D eigenvalue weighted by atomic mass is 19.1. The lowest BCUT2D eigenvalue weighted by molar-refractivity contribution is 0.618. The van der Waals surface area contributed by atoms with Gasteiger partial charge in [0.1, 0.15) is 5.82 Å². The number of aryl methyl sites for hydroxylation is 1. The van der Waals surface area contributed by atoms with Crippen LogP contribution < -0.4 is 5.73 Å². The Balaban J connectivity index is 3.33. The third kappa shape index (κ3) is 1.44. The van der Waals surface area contributed by atoms with Crippen LogP contribution in [0.3, 0.4) is 0 Å². The van der Waals surface area contributed by atoms with Crippen LogP contribution in [0.4, 0.5) is 10.1 Å². The summed E-state index contributed by atoms with van der Waals surface area (Å²) in [4.78, 5) is 0. The molecule has 0 saturated carbocycles. The minimum atomic E-state index is -0.314. The molecule has 0 spiro atoms. The summed E-state index contributed by atoms with van der Waals surface area (Å²) in [7, 11) is 0. The first kappa shape index (κ1) is 8.71. The van der Waals surface area contributed by atoms with Crippen LogP contribution in [0, 0.1) is 18.2 Å². The number of benzene rings is 1. The molecule has 1 rings (SSSR count). The van der Waals surface area contributed by atoms with Gasteiger partial charge in [-0.1, -0.05) is 0 Å². The van der Waals surface area contributed by atoms with E-state index in [0.29, 0.717) is 16.8 Å². The van der Waals surface area contributed by atoms with Crippen LogP contribution in [0.25, 0.3) is 0 Å². The van der Waals surface area contributed by atoms with Crippen LogP contribution in [-0.2, 0) is 0 Å². The van der Waals surface area contributed by atoms with Crippen molar-refractivity contribution >= 4 is 11.4 Å². The number of hydrogen-bond donors (Lipinski definition) is 2. The fraction of sp³-hybridized carbons (Fsp3) is 0.222. The molecule has 0 aliphatic rings. The van der Waals surface area contributed by atoms with Crippen molar-refractivity contribution in [3.05, 3.63) is 29.1 Å². The molecule has 2 nitrogen and oxygen atoms in total. The topological polar surface area (TPSA) is 49.9 Å². The van der Waals surface area contributed by atoms with E-state index in [9.17, 15) is 4.39 Å². The van der Waals surface area contributed by atoms with Crippen molar-refractivity contribution in [3.8, 4) is 0 Å². The molecule has 0 atom stereocenters. The SMILES string of the molecule is CC(=N)c1cc(F)c(C)cc1N. The van der Waals surface area contributed by atoms with Gasteiger partial charge in [0.15, 0.2) is 0 Å². The highest BCUT2D eigenvalue weighted by Crippen LogP contribution is 2.17. The summed E-state index contributed by atoms with van der Waals surface area (Å²) >= 11 is 0. The van der Waals surface area contributed by atoms with Gasteiger partial charge in [0.05, 0.1) is 0 Å².